The molecule has 0 bridgehead atoms. The quantitative estimate of drug-likeness (QED) is 0.221. The molecule has 0 aromatic heterocycles. The molecule has 2 atom stereocenters. The molecule has 1 aromatic carbocycles. The molecule has 1 aromatic rings. The third kappa shape index (κ3) is 7.31. The lowest BCUT2D eigenvalue weighted by Crippen LogP contribution is -2.65. The van der Waals surface area contributed by atoms with Gasteiger partial charge in [0, 0.05) is 50.3 Å². The fraction of sp³-hybridized carbons (Fsp3) is 0.667. The molecule has 0 saturated heterocycles. The van der Waals surface area contributed by atoms with Crippen molar-refractivity contribution in [1.82, 2.24) is 20.9 Å². The highest BCUT2D eigenvalue weighted by Gasteiger charge is 2.53. The molecule has 0 radical (unpaired) electrons. The molecular formula is C24H42IN5O2. The Bertz CT molecular complexity index is 737. The largest absolute Gasteiger partial charge is 0.378 e. The molecule has 1 saturated carbocycles. The van der Waals surface area contributed by atoms with Crippen LogP contribution in [0.2, 0.25) is 0 Å². The first-order valence-corrected chi connectivity index (χ1v) is 11.5. The van der Waals surface area contributed by atoms with Crippen molar-refractivity contribution < 1.29 is 9.53 Å². The minimum Gasteiger partial charge on any atom is -0.378 e. The van der Waals surface area contributed by atoms with Crippen LogP contribution >= 0.6 is 24.0 Å². The van der Waals surface area contributed by atoms with Crippen molar-refractivity contribution in [2.24, 2.45) is 10.4 Å². The highest BCUT2D eigenvalue weighted by Crippen LogP contribution is 2.48. The highest BCUT2D eigenvalue weighted by molar-refractivity contribution is 14.0. The molecule has 0 aliphatic heterocycles. The van der Waals surface area contributed by atoms with Crippen molar-refractivity contribution in [2.75, 3.05) is 40.8 Å². The van der Waals surface area contributed by atoms with Crippen LogP contribution in [0.4, 0.5) is 0 Å². The van der Waals surface area contributed by atoms with Gasteiger partial charge in [0.1, 0.15) is 0 Å². The molecule has 3 N–H and O–H groups in total. The monoisotopic (exact) mass is 559 g/mol. The lowest BCUT2D eigenvalue weighted by atomic mass is 9.58. The maximum absolute atomic E-state index is 12.4. The van der Waals surface area contributed by atoms with Crippen molar-refractivity contribution in [2.45, 2.75) is 58.7 Å². The van der Waals surface area contributed by atoms with Gasteiger partial charge in [-0.05, 0) is 58.0 Å². The summed E-state index contributed by atoms with van der Waals surface area (Å²) in [5.41, 5.74) is 1.87. The van der Waals surface area contributed by atoms with Gasteiger partial charge in [-0.25, -0.2) is 0 Å². The number of hydrogen-bond acceptors (Lipinski definition) is 4. The molecule has 32 heavy (non-hydrogen) atoms. The van der Waals surface area contributed by atoms with Crippen molar-refractivity contribution >= 4 is 35.8 Å². The van der Waals surface area contributed by atoms with Gasteiger partial charge < -0.3 is 25.6 Å². The molecule has 8 heteroatoms. The zero-order valence-corrected chi connectivity index (χ0v) is 22.9. The number of benzene rings is 1. The first kappa shape index (κ1) is 28.6. The summed E-state index contributed by atoms with van der Waals surface area (Å²) in [6.07, 6.45) is 3.46. The number of hydrogen-bond donors (Lipinski definition) is 3. The SMILES string of the molecule is CCOC1CC(NC(=NC)NCc2cccc(C(=O)NCCN(C)C)c2)C1(CC)CC.I. The Morgan fingerprint density at radius 2 is 1.94 bits per heavy atom. The summed E-state index contributed by atoms with van der Waals surface area (Å²) in [6, 6.07) is 8.07. The van der Waals surface area contributed by atoms with Crippen LogP contribution in [-0.4, -0.2) is 69.8 Å². The van der Waals surface area contributed by atoms with Gasteiger partial charge in [-0.15, -0.1) is 24.0 Å². The zero-order chi connectivity index (χ0) is 22.9. The molecule has 0 spiro atoms. The highest BCUT2D eigenvalue weighted by atomic mass is 127. The van der Waals surface area contributed by atoms with E-state index in [1.165, 1.54) is 0 Å². The van der Waals surface area contributed by atoms with Gasteiger partial charge in [0.2, 0.25) is 0 Å². The summed E-state index contributed by atoms with van der Waals surface area (Å²) in [5.74, 6) is 0.741. The topological polar surface area (TPSA) is 78.0 Å². The summed E-state index contributed by atoms with van der Waals surface area (Å²) in [7, 11) is 5.78. The van der Waals surface area contributed by atoms with Gasteiger partial charge in [0.25, 0.3) is 5.91 Å². The first-order chi connectivity index (χ1) is 14.9. The number of ether oxygens (including phenoxy) is 1. The molecular weight excluding hydrogens is 517 g/mol. The number of carbonyl (C=O) groups excluding carboxylic acids is 1. The van der Waals surface area contributed by atoms with Crippen LogP contribution in [0.3, 0.4) is 0 Å². The number of nitrogens with zero attached hydrogens (tertiary/aromatic N) is 2. The Kier molecular flexibility index (Phi) is 12.5. The molecule has 1 amide bonds. The van der Waals surface area contributed by atoms with E-state index in [4.69, 9.17) is 4.74 Å². The number of nitrogens with one attached hydrogen (secondary N) is 3. The predicted octanol–water partition coefficient (Wildman–Crippen LogP) is 3.24. The van der Waals surface area contributed by atoms with E-state index in [0.29, 0.717) is 30.8 Å². The van der Waals surface area contributed by atoms with Crippen LogP contribution in [0.15, 0.2) is 29.3 Å². The first-order valence-electron chi connectivity index (χ1n) is 11.5. The van der Waals surface area contributed by atoms with Crippen molar-refractivity contribution in [1.29, 1.82) is 0 Å². The van der Waals surface area contributed by atoms with Gasteiger partial charge >= 0.3 is 0 Å². The molecule has 182 valence electrons. The summed E-state index contributed by atoms with van der Waals surface area (Å²) in [6.45, 7) is 9.36. The van der Waals surface area contributed by atoms with Crippen molar-refractivity contribution in [3.63, 3.8) is 0 Å². The van der Waals surface area contributed by atoms with E-state index < -0.39 is 0 Å². The van der Waals surface area contributed by atoms with Crippen LogP contribution in [-0.2, 0) is 11.3 Å². The fourth-order valence-corrected chi connectivity index (χ4v) is 4.45. The number of likely N-dealkylation sites (N-methyl/N-ethyl adjacent to an activating group) is 1. The molecule has 1 fully saturated rings. The lowest BCUT2D eigenvalue weighted by Gasteiger charge is -2.55. The van der Waals surface area contributed by atoms with Gasteiger partial charge in [0.05, 0.1) is 6.10 Å². The Hall–Kier alpha value is -1.39. The lowest BCUT2D eigenvalue weighted by molar-refractivity contribution is -0.133. The van der Waals surface area contributed by atoms with E-state index in [1.807, 2.05) is 43.3 Å². The van der Waals surface area contributed by atoms with E-state index in [0.717, 1.165) is 43.9 Å². The summed E-state index contributed by atoms with van der Waals surface area (Å²) in [5, 5.41) is 9.97. The van der Waals surface area contributed by atoms with Crippen LogP contribution in [0.5, 0.6) is 0 Å². The number of carbonyl (C=O) groups is 1. The average molecular weight is 560 g/mol. The Morgan fingerprint density at radius 3 is 2.53 bits per heavy atom. The second-order valence-corrected chi connectivity index (χ2v) is 8.50. The standard InChI is InChI=1S/C24H41N5O2.HI/c1-7-24(8-2)20(16-21(24)31-9-3)28-23(25-4)27-17-18-11-10-12-19(15-18)22(30)26-13-14-29(5)6;/h10-12,15,20-21H,7-9,13-14,16-17H2,1-6H3,(H,26,30)(H2,25,27,28);1H. The van der Waals surface area contributed by atoms with Gasteiger partial charge in [-0.3, -0.25) is 9.79 Å². The van der Waals surface area contributed by atoms with Gasteiger partial charge in [0.15, 0.2) is 5.96 Å². The smallest absolute Gasteiger partial charge is 0.251 e. The average Bonchev–Trinajstić information content (AvgIpc) is 2.76. The summed E-state index contributed by atoms with van der Waals surface area (Å²) < 4.78 is 5.99. The van der Waals surface area contributed by atoms with E-state index in [1.54, 1.807) is 7.05 Å². The van der Waals surface area contributed by atoms with Crippen LogP contribution in [0.1, 0.15) is 56.0 Å². The van der Waals surface area contributed by atoms with Crippen molar-refractivity contribution in [3.05, 3.63) is 35.4 Å². The maximum atomic E-state index is 12.4. The van der Waals surface area contributed by atoms with Gasteiger partial charge in [-0.1, -0.05) is 26.0 Å². The molecule has 1 aliphatic carbocycles. The zero-order valence-electron chi connectivity index (χ0n) is 20.5. The third-order valence-electron chi connectivity index (χ3n) is 6.50. The fourth-order valence-electron chi connectivity index (χ4n) is 4.45. The third-order valence-corrected chi connectivity index (χ3v) is 6.50. The second kappa shape index (κ2) is 14.0. The van der Waals surface area contributed by atoms with Crippen molar-refractivity contribution in [3.8, 4) is 0 Å². The Labute approximate surface area is 211 Å². The van der Waals surface area contributed by atoms with E-state index in [2.05, 4.69) is 41.7 Å². The molecule has 0 heterocycles. The van der Waals surface area contributed by atoms with E-state index >= 15 is 0 Å². The van der Waals surface area contributed by atoms with Crippen LogP contribution in [0, 0.1) is 5.41 Å². The molecule has 7 nitrogen and oxygen atoms in total. The van der Waals surface area contributed by atoms with Crippen LogP contribution < -0.4 is 16.0 Å². The maximum Gasteiger partial charge on any atom is 0.251 e. The predicted molar refractivity (Wildman–Crippen MR) is 143 cm³/mol. The van der Waals surface area contributed by atoms with E-state index in [9.17, 15) is 4.79 Å². The number of amides is 1. The second-order valence-electron chi connectivity index (χ2n) is 8.50. The van der Waals surface area contributed by atoms with E-state index in [-0.39, 0.29) is 35.3 Å². The minimum absolute atomic E-state index is 0. The summed E-state index contributed by atoms with van der Waals surface area (Å²) in [4.78, 5) is 18.8. The number of rotatable bonds is 11. The molecule has 2 rings (SSSR count). The van der Waals surface area contributed by atoms with Gasteiger partial charge in [-0.2, -0.15) is 0 Å². The number of aliphatic imine (C=N–C) groups is 1. The Balaban J connectivity index is 0.00000512. The summed E-state index contributed by atoms with van der Waals surface area (Å²) >= 11 is 0. The normalized spacial score (nSPS) is 19.7. The Morgan fingerprint density at radius 1 is 1.22 bits per heavy atom. The number of guanidine groups is 1. The molecule has 2 unspecified atom stereocenters. The van der Waals surface area contributed by atoms with Crippen LogP contribution in [0.25, 0.3) is 0 Å². The minimum atomic E-state index is -0.0432. The molecule has 1 aliphatic rings. The number of halogens is 1.